The van der Waals surface area contributed by atoms with Gasteiger partial charge in [0.05, 0.1) is 6.10 Å². The van der Waals surface area contributed by atoms with Crippen LogP contribution in [0.3, 0.4) is 0 Å². The van der Waals surface area contributed by atoms with E-state index in [0.29, 0.717) is 13.1 Å². The van der Waals surface area contributed by atoms with Gasteiger partial charge in [0, 0.05) is 26.7 Å². The van der Waals surface area contributed by atoms with E-state index in [0.717, 1.165) is 32.3 Å². The Morgan fingerprint density at radius 2 is 2.22 bits per heavy atom. The van der Waals surface area contributed by atoms with Crippen molar-refractivity contribution in [3.05, 3.63) is 0 Å². The minimum atomic E-state index is -0.209. The highest BCUT2D eigenvalue weighted by Gasteiger charge is 2.18. The number of hydrogen-bond donors (Lipinski definition) is 1. The van der Waals surface area contributed by atoms with Crippen molar-refractivity contribution in [2.75, 3.05) is 26.7 Å². The number of nitrogens with one attached hydrogen (secondary N) is 1. The molecule has 0 saturated carbocycles. The summed E-state index contributed by atoms with van der Waals surface area (Å²) in [6, 6.07) is 0. The summed E-state index contributed by atoms with van der Waals surface area (Å²) in [5.74, 6) is -0.327. The molecule has 1 rings (SSSR count). The normalized spacial score (nSPS) is 18.7. The fourth-order valence-electron chi connectivity index (χ4n) is 1.89. The number of nitrogens with zero attached hydrogens (tertiary/aromatic N) is 1. The summed E-state index contributed by atoms with van der Waals surface area (Å²) in [4.78, 5) is 24.9. The maximum Gasteiger partial charge on any atom is 0.231 e. The Morgan fingerprint density at radius 1 is 1.44 bits per heavy atom. The minimum absolute atomic E-state index is 0.0626. The van der Waals surface area contributed by atoms with Crippen LogP contribution in [-0.2, 0) is 14.3 Å². The highest BCUT2D eigenvalue weighted by Crippen LogP contribution is 2.10. The standard InChI is InChI=1S/C13H24N2O3/c1-3-4-7-15(2)13(17)9-12(16)14-10-11-6-5-8-18-11/h11H,3-10H2,1-2H3,(H,14,16). The maximum atomic E-state index is 11.7. The molecular formula is C13H24N2O3. The van der Waals surface area contributed by atoms with E-state index in [1.165, 1.54) is 0 Å². The Kier molecular flexibility index (Phi) is 6.72. The van der Waals surface area contributed by atoms with E-state index < -0.39 is 0 Å². The summed E-state index contributed by atoms with van der Waals surface area (Å²) in [5.41, 5.74) is 0. The summed E-state index contributed by atoms with van der Waals surface area (Å²) < 4.78 is 5.40. The van der Waals surface area contributed by atoms with Crippen molar-refractivity contribution >= 4 is 11.8 Å². The summed E-state index contributed by atoms with van der Waals surface area (Å²) in [6.07, 6.45) is 4.13. The molecule has 1 atom stereocenters. The van der Waals surface area contributed by atoms with Crippen molar-refractivity contribution in [1.29, 1.82) is 0 Å². The second kappa shape index (κ2) is 8.08. The van der Waals surface area contributed by atoms with E-state index >= 15 is 0 Å². The summed E-state index contributed by atoms with van der Waals surface area (Å²) in [7, 11) is 1.74. The van der Waals surface area contributed by atoms with Crippen molar-refractivity contribution in [2.24, 2.45) is 0 Å². The first kappa shape index (κ1) is 15.0. The Morgan fingerprint density at radius 3 is 2.83 bits per heavy atom. The monoisotopic (exact) mass is 256 g/mol. The van der Waals surface area contributed by atoms with Crippen molar-refractivity contribution in [2.45, 2.75) is 45.1 Å². The Bertz CT molecular complexity index is 275. The van der Waals surface area contributed by atoms with Crippen molar-refractivity contribution in [1.82, 2.24) is 10.2 Å². The van der Waals surface area contributed by atoms with Gasteiger partial charge in [-0.1, -0.05) is 13.3 Å². The molecule has 5 nitrogen and oxygen atoms in total. The van der Waals surface area contributed by atoms with Crippen LogP contribution in [0.15, 0.2) is 0 Å². The third-order valence-corrected chi connectivity index (χ3v) is 3.14. The molecule has 0 radical (unpaired) electrons. The molecule has 0 bridgehead atoms. The van der Waals surface area contributed by atoms with E-state index in [1.807, 2.05) is 0 Å². The van der Waals surface area contributed by atoms with Crippen molar-refractivity contribution < 1.29 is 14.3 Å². The molecule has 1 fully saturated rings. The molecular weight excluding hydrogens is 232 g/mol. The Labute approximate surface area is 109 Å². The number of rotatable bonds is 7. The Hall–Kier alpha value is -1.10. The van der Waals surface area contributed by atoms with E-state index in [4.69, 9.17) is 4.74 Å². The smallest absolute Gasteiger partial charge is 0.231 e. The van der Waals surface area contributed by atoms with Crippen molar-refractivity contribution in [3.63, 3.8) is 0 Å². The van der Waals surface area contributed by atoms with E-state index in [1.54, 1.807) is 11.9 Å². The van der Waals surface area contributed by atoms with Gasteiger partial charge in [-0.05, 0) is 19.3 Å². The van der Waals surface area contributed by atoms with Crippen LogP contribution in [0.1, 0.15) is 39.0 Å². The van der Waals surface area contributed by atoms with Gasteiger partial charge < -0.3 is 15.0 Å². The largest absolute Gasteiger partial charge is 0.376 e. The molecule has 1 aliphatic rings. The number of carbonyl (C=O) groups is 2. The summed E-state index contributed by atoms with van der Waals surface area (Å²) in [6.45, 7) is 4.09. The first-order valence-corrected chi connectivity index (χ1v) is 6.75. The first-order valence-electron chi connectivity index (χ1n) is 6.75. The summed E-state index contributed by atoms with van der Waals surface area (Å²) >= 11 is 0. The van der Waals surface area contributed by atoms with Gasteiger partial charge in [-0.3, -0.25) is 9.59 Å². The molecule has 104 valence electrons. The number of ether oxygens (including phenoxy) is 1. The van der Waals surface area contributed by atoms with Gasteiger partial charge in [0.25, 0.3) is 0 Å². The third kappa shape index (κ3) is 5.49. The fourth-order valence-corrected chi connectivity index (χ4v) is 1.89. The van der Waals surface area contributed by atoms with Crippen LogP contribution >= 0.6 is 0 Å². The topological polar surface area (TPSA) is 58.6 Å². The van der Waals surface area contributed by atoms with Crippen LogP contribution in [-0.4, -0.2) is 49.6 Å². The molecule has 1 heterocycles. The first-order chi connectivity index (χ1) is 8.63. The van der Waals surface area contributed by atoms with Crippen LogP contribution in [0, 0.1) is 0 Å². The molecule has 0 aromatic carbocycles. The SMILES string of the molecule is CCCCN(C)C(=O)CC(=O)NCC1CCCO1. The number of amides is 2. The quantitative estimate of drug-likeness (QED) is 0.689. The average Bonchev–Trinajstić information content (AvgIpc) is 2.86. The average molecular weight is 256 g/mol. The van der Waals surface area contributed by atoms with Gasteiger partial charge in [0.1, 0.15) is 6.42 Å². The van der Waals surface area contributed by atoms with Gasteiger partial charge in [-0.2, -0.15) is 0 Å². The molecule has 5 heteroatoms. The zero-order chi connectivity index (χ0) is 13.4. The molecule has 1 aliphatic heterocycles. The number of hydrogen-bond acceptors (Lipinski definition) is 3. The lowest BCUT2D eigenvalue weighted by Gasteiger charge is -2.17. The molecule has 1 saturated heterocycles. The zero-order valence-electron chi connectivity index (χ0n) is 11.4. The van der Waals surface area contributed by atoms with E-state index in [2.05, 4.69) is 12.2 Å². The molecule has 18 heavy (non-hydrogen) atoms. The second-order valence-electron chi connectivity index (χ2n) is 4.78. The van der Waals surface area contributed by atoms with Gasteiger partial charge in [-0.15, -0.1) is 0 Å². The lowest BCUT2D eigenvalue weighted by molar-refractivity contribution is -0.135. The van der Waals surface area contributed by atoms with E-state index in [-0.39, 0.29) is 24.3 Å². The highest BCUT2D eigenvalue weighted by atomic mass is 16.5. The number of unbranched alkanes of at least 4 members (excludes halogenated alkanes) is 1. The molecule has 0 aromatic heterocycles. The minimum Gasteiger partial charge on any atom is -0.376 e. The molecule has 2 amide bonds. The van der Waals surface area contributed by atoms with Crippen LogP contribution < -0.4 is 5.32 Å². The maximum absolute atomic E-state index is 11.7. The molecule has 1 N–H and O–H groups in total. The lowest BCUT2D eigenvalue weighted by atomic mass is 10.2. The van der Waals surface area contributed by atoms with Crippen LogP contribution in [0.2, 0.25) is 0 Å². The zero-order valence-corrected chi connectivity index (χ0v) is 11.4. The van der Waals surface area contributed by atoms with Crippen molar-refractivity contribution in [3.8, 4) is 0 Å². The van der Waals surface area contributed by atoms with E-state index in [9.17, 15) is 9.59 Å². The second-order valence-corrected chi connectivity index (χ2v) is 4.78. The fraction of sp³-hybridized carbons (Fsp3) is 0.846. The van der Waals surface area contributed by atoms with Gasteiger partial charge in [-0.25, -0.2) is 0 Å². The van der Waals surface area contributed by atoms with Gasteiger partial charge in [0.15, 0.2) is 0 Å². The number of carbonyl (C=O) groups excluding carboxylic acids is 2. The lowest BCUT2D eigenvalue weighted by Crippen LogP contribution is -2.36. The van der Waals surface area contributed by atoms with Gasteiger partial charge in [0.2, 0.25) is 11.8 Å². The molecule has 0 aromatic rings. The predicted molar refractivity (Wildman–Crippen MR) is 69.1 cm³/mol. The third-order valence-electron chi connectivity index (χ3n) is 3.14. The molecule has 0 aliphatic carbocycles. The van der Waals surface area contributed by atoms with Crippen LogP contribution in [0.4, 0.5) is 0 Å². The Balaban J connectivity index is 2.15. The summed E-state index contributed by atoms with van der Waals surface area (Å²) in [5, 5.41) is 2.76. The predicted octanol–water partition coefficient (Wildman–Crippen LogP) is 0.930. The van der Waals surface area contributed by atoms with Crippen LogP contribution in [0.25, 0.3) is 0 Å². The highest BCUT2D eigenvalue weighted by molar-refractivity contribution is 5.96. The molecule has 0 spiro atoms. The van der Waals surface area contributed by atoms with Crippen LogP contribution in [0.5, 0.6) is 0 Å². The molecule has 1 unspecified atom stereocenters. The van der Waals surface area contributed by atoms with Gasteiger partial charge >= 0.3 is 0 Å².